The van der Waals surface area contributed by atoms with E-state index < -0.39 is 0 Å². The van der Waals surface area contributed by atoms with Gasteiger partial charge in [-0.1, -0.05) is 38.1 Å². The molecule has 1 aromatic heterocycles. The van der Waals surface area contributed by atoms with Gasteiger partial charge in [-0.05, 0) is 24.0 Å². The zero-order valence-corrected chi connectivity index (χ0v) is 11.5. The van der Waals surface area contributed by atoms with Crippen molar-refractivity contribution in [2.45, 2.75) is 32.7 Å². The SMILES string of the molecule is CC(C)c1ccc(C(C)Nc2cnn(C)c2)cc1. The molecule has 1 unspecified atom stereocenters. The van der Waals surface area contributed by atoms with Crippen molar-refractivity contribution in [1.82, 2.24) is 9.78 Å². The van der Waals surface area contributed by atoms with Crippen LogP contribution in [0.3, 0.4) is 0 Å². The maximum absolute atomic E-state index is 4.15. The van der Waals surface area contributed by atoms with E-state index in [1.165, 1.54) is 11.1 Å². The number of aryl methyl sites for hydroxylation is 1. The highest BCUT2D eigenvalue weighted by molar-refractivity contribution is 5.41. The normalized spacial score (nSPS) is 12.7. The summed E-state index contributed by atoms with van der Waals surface area (Å²) in [5, 5.41) is 7.60. The predicted octanol–water partition coefficient (Wildman–Crippen LogP) is 3.72. The average Bonchev–Trinajstić information content (AvgIpc) is 2.75. The first kappa shape index (κ1) is 12.7. The van der Waals surface area contributed by atoms with E-state index >= 15 is 0 Å². The van der Waals surface area contributed by atoms with E-state index in [1.54, 1.807) is 4.68 Å². The van der Waals surface area contributed by atoms with E-state index in [0.717, 1.165) is 5.69 Å². The molecular weight excluding hydrogens is 222 g/mol. The largest absolute Gasteiger partial charge is 0.376 e. The Morgan fingerprint density at radius 3 is 2.17 bits per heavy atom. The van der Waals surface area contributed by atoms with Crippen LogP contribution >= 0.6 is 0 Å². The van der Waals surface area contributed by atoms with E-state index in [1.807, 2.05) is 19.4 Å². The molecule has 1 N–H and O–H groups in total. The van der Waals surface area contributed by atoms with Crippen LogP contribution in [0.4, 0.5) is 5.69 Å². The number of hydrogen-bond acceptors (Lipinski definition) is 2. The van der Waals surface area contributed by atoms with E-state index in [-0.39, 0.29) is 6.04 Å². The van der Waals surface area contributed by atoms with Crippen LogP contribution in [0.5, 0.6) is 0 Å². The summed E-state index contributed by atoms with van der Waals surface area (Å²) in [6, 6.07) is 9.10. The Morgan fingerprint density at radius 2 is 1.67 bits per heavy atom. The zero-order valence-electron chi connectivity index (χ0n) is 11.5. The molecule has 1 atom stereocenters. The third-order valence-electron chi connectivity index (χ3n) is 3.19. The van der Waals surface area contributed by atoms with Gasteiger partial charge in [0.1, 0.15) is 0 Å². The molecule has 0 radical (unpaired) electrons. The van der Waals surface area contributed by atoms with Gasteiger partial charge in [-0.2, -0.15) is 5.10 Å². The highest BCUT2D eigenvalue weighted by Crippen LogP contribution is 2.21. The van der Waals surface area contributed by atoms with Crippen molar-refractivity contribution in [1.29, 1.82) is 0 Å². The van der Waals surface area contributed by atoms with Crippen molar-refractivity contribution in [3.63, 3.8) is 0 Å². The summed E-state index contributed by atoms with van der Waals surface area (Å²) in [5.74, 6) is 0.584. The average molecular weight is 243 g/mol. The van der Waals surface area contributed by atoms with Gasteiger partial charge >= 0.3 is 0 Å². The van der Waals surface area contributed by atoms with Crippen molar-refractivity contribution in [2.75, 3.05) is 5.32 Å². The molecule has 0 fully saturated rings. The van der Waals surface area contributed by atoms with Gasteiger partial charge in [-0.25, -0.2) is 0 Å². The van der Waals surface area contributed by atoms with Crippen LogP contribution < -0.4 is 5.32 Å². The summed E-state index contributed by atoms with van der Waals surface area (Å²) in [7, 11) is 1.92. The molecule has 0 amide bonds. The maximum atomic E-state index is 4.15. The molecular formula is C15H21N3. The third-order valence-corrected chi connectivity index (χ3v) is 3.19. The van der Waals surface area contributed by atoms with Crippen LogP contribution in [-0.2, 0) is 7.05 Å². The minimum absolute atomic E-state index is 0.287. The molecule has 2 rings (SSSR count). The van der Waals surface area contributed by atoms with E-state index in [4.69, 9.17) is 0 Å². The van der Waals surface area contributed by atoms with Gasteiger partial charge in [0.25, 0.3) is 0 Å². The van der Waals surface area contributed by atoms with Crippen molar-refractivity contribution < 1.29 is 0 Å². The third kappa shape index (κ3) is 2.92. The second-order valence-electron chi connectivity index (χ2n) is 5.09. The molecule has 0 bridgehead atoms. The standard InChI is InChI=1S/C15H21N3/c1-11(2)13-5-7-14(8-6-13)12(3)17-15-9-16-18(4)10-15/h5-12,17H,1-4H3. The molecule has 1 aromatic carbocycles. The predicted molar refractivity (Wildman–Crippen MR) is 75.8 cm³/mol. The van der Waals surface area contributed by atoms with Gasteiger partial charge in [0.15, 0.2) is 0 Å². The number of nitrogens with one attached hydrogen (secondary N) is 1. The lowest BCUT2D eigenvalue weighted by atomic mass is 9.99. The molecule has 96 valence electrons. The Labute approximate surface area is 109 Å². The van der Waals surface area contributed by atoms with Crippen LogP contribution in [0, 0.1) is 0 Å². The van der Waals surface area contributed by atoms with Gasteiger partial charge in [0, 0.05) is 19.3 Å². The topological polar surface area (TPSA) is 29.9 Å². The van der Waals surface area contributed by atoms with Crippen molar-refractivity contribution >= 4 is 5.69 Å². The van der Waals surface area contributed by atoms with Crippen molar-refractivity contribution in [3.8, 4) is 0 Å². The molecule has 0 saturated heterocycles. The number of aromatic nitrogens is 2. The molecule has 3 nitrogen and oxygen atoms in total. The number of hydrogen-bond donors (Lipinski definition) is 1. The minimum atomic E-state index is 0.287. The highest BCUT2D eigenvalue weighted by atomic mass is 15.3. The fourth-order valence-electron chi connectivity index (χ4n) is 2.00. The maximum Gasteiger partial charge on any atom is 0.0731 e. The first-order valence-corrected chi connectivity index (χ1v) is 6.41. The van der Waals surface area contributed by atoms with Crippen LogP contribution in [0.2, 0.25) is 0 Å². The van der Waals surface area contributed by atoms with Crippen LogP contribution in [0.1, 0.15) is 43.9 Å². The summed E-state index contributed by atoms with van der Waals surface area (Å²) in [5.41, 5.74) is 3.73. The number of anilines is 1. The van der Waals surface area contributed by atoms with Crippen LogP contribution in [-0.4, -0.2) is 9.78 Å². The molecule has 0 aliphatic rings. The first-order valence-electron chi connectivity index (χ1n) is 6.41. The molecule has 0 aliphatic heterocycles. The molecule has 2 aromatic rings. The van der Waals surface area contributed by atoms with Crippen LogP contribution in [0.25, 0.3) is 0 Å². The number of rotatable bonds is 4. The minimum Gasteiger partial charge on any atom is -0.376 e. The lowest BCUT2D eigenvalue weighted by molar-refractivity contribution is 0.767. The smallest absolute Gasteiger partial charge is 0.0731 e. The van der Waals surface area contributed by atoms with Gasteiger partial charge in [0.05, 0.1) is 11.9 Å². The van der Waals surface area contributed by atoms with E-state index in [0.29, 0.717) is 5.92 Å². The number of nitrogens with zero attached hydrogens (tertiary/aromatic N) is 2. The number of benzene rings is 1. The summed E-state index contributed by atoms with van der Waals surface area (Å²) in [4.78, 5) is 0. The second kappa shape index (κ2) is 5.25. The van der Waals surface area contributed by atoms with Crippen molar-refractivity contribution in [3.05, 3.63) is 47.8 Å². The Hall–Kier alpha value is -1.77. The lowest BCUT2D eigenvalue weighted by Gasteiger charge is -2.15. The zero-order chi connectivity index (χ0) is 13.1. The Balaban J connectivity index is 2.06. The quantitative estimate of drug-likeness (QED) is 0.887. The Kier molecular flexibility index (Phi) is 3.70. The Morgan fingerprint density at radius 1 is 1.06 bits per heavy atom. The highest BCUT2D eigenvalue weighted by Gasteiger charge is 2.07. The summed E-state index contributed by atoms with van der Waals surface area (Å²) >= 11 is 0. The van der Waals surface area contributed by atoms with E-state index in [2.05, 4.69) is 55.5 Å². The van der Waals surface area contributed by atoms with Crippen LogP contribution in [0.15, 0.2) is 36.7 Å². The summed E-state index contributed by atoms with van der Waals surface area (Å²) in [6.07, 6.45) is 3.83. The van der Waals surface area contributed by atoms with Gasteiger partial charge in [0.2, 0.25) is 0 Å². The van der Waals surface area contributed by atoms with E-state index in [9.17, 15) is 0 Å². The van der Waals surface area contributed by atoms with Crippen molar-refractivity contribution in [2.24, 2.45) is 7.05 Å². The molecule has 18 heavy (non-hydrogen) atoms. The monoisotopic (exact) mass is 243 g/mol. The van der Waals surface area contributed by atoms with Gasteiger partial charge in [-0.3, -0.25) is 4.68 Å². The summed E-state index contributed by atoms with van der Waals surface area (Å²) < 4.78 is 1.80. The first-order chi connectivity index (χ1) is 8.56. The molecule has 0 saturated carbocycles. The lowest BCUT2D eigenvalue weighted by Crippen LogP contribution is -2.06. The molecule has 3 heteroatoms. The summed E-state index contributed by atoms with van der Waals surface area (Å²) in [6.45, 7) is 6.59. The molecule has 1 heterocycles. The van der Waals surface area contributed by atoms with Gasteiger partial charge in [-0.15, -0.1) is 0 Å². The Bertz CT molecular complexity index is 497. The fraction of sp³-hybridized carbons (Fsp3) is 0.400. The fourth-order valence-corrected chi connectivity index (χ4v) is 2.00. The molecule has 0 spiro atoms. The molecule has 0 aliphatic carbocycles. The van der Waals surface area contributed by atoms with Gasteiger partial charge < -0.3 is 5.32 Å². The second-order valence-corrected chi connectivity index (χ2v) is 5.09.